The van der Waals surface area contributed by atoms with Gasteiger partial charge in [0.15, 0.2) is 0 Å². The third-order valence-electron chi connectivity index (χ3n) is 2.85. The van der Waals surface area contributed by atoms with Gasteiger partial charge in [0.2, 0.25) is 0 Å². The van der Waals surface area contributed by atoms with Gasteiger partial charge in [0.1, 0.15) is 11.6 Å². The van der Waals surface area contributed by atoms with Crippen molar-refractivity contribution in [3.8, 4) is 0 Å². The lowest BCUT2D eigenvalue weighted by atomic mass is 9.99. The molecule has 1 atom stereocenters. The van der Waals surface area contributed by atoms with E-state index in [0.29, 0.717) is 11.1 Å². The maximum absolute atomic E-state index is 13.6. The summed E-state index contributed by atoms with van der Waals surface area (Å²) in [6.45, 7) is 3.75. The highest BCUT2D eigenvalue weighted by atomic mass is 19.1. The van der Waals surface area contributed by atoms with Gasteiger partial charge in [0.05, 0.1) is 0 Å². The summed E-state index contributed by atoms with van der Waals surface area (Å²) in [6, 6.07) is 2.54. The van der Waals surface area contributed by atoms with Gasteiger partial charge in [-0.25, -0.2) is 8.78 Å². The lowest BCUT2D eigenvalue weighted by Crippen LogP contribution is -2.18. The Labute approximate surface area is 95.9 Å². The van der Waals surface area contributed by atoms with Crippen LogP contribution in [0, 0.1) is 18.6 Å². The van der Waals surface area contributed by atoms with Gasteiger partial charge < -0.3 is 5.32 Å². The second-order valence-electron chi connectivity index (χ2n) is 4.11. The maximum Gasteiger partial charge on any atom is 0.130 e. The smallest absolute Gasteiger partial charge is 0.130 e. The minimum Gasteiger partial charge on any atom is -0.313 e. The molecule has 0 aliphatic heterocycles. The quantitative estimate of drug-likeness (QED) is 0.808. The molecule has 0 heterocycles. The van der Waals surface area contributed by atoms with Crippen molar-refractivity contribution >= 4 is 0 Å². The number of nitrogens with one attached hydrogen (secondary N) is 1. The molecular formula is C13H19F2N. The fourth-order valence-corrected chi connectivity index (χ4v) is 1.81. The molecule has 0 aliphatic rings. The summed E-state index contributed by atoms with van der Waals surface area (Å²) in [7, 11) is 1.80. The van der Waals surface area contributed by atoms with Crippen LogP contribution in [0.1, 0.15) is 43.4 Å². The minimum absolute atomic E-state index is 0.0285. The van der Waals surface area contributed by atoms with E-state index in [1.165, 1.54) is 0 Å². The molecule has 1 N–H and O–H groups in total. The molecule has 1 aromatic rings. The van der Waals surface area contributed by atoms with Crippen molar-refractivity contribution in [2.45, 2.75) is 39.2 Å². The standard InChI is InChI=1S/C13H19F2N/c1-4-5-6-13(16-3)10-7-9(2)11(14)8-12(10)15/h7-8,13,16H,4-6H2,1-3H3. The molecule has 0 bridgehead atoms. The van der Waals surface area contributed by atoms with Crippen LogP contribution in [-0.2, 0) is 0 Å². The summed E-state index contributed by atoms with van der Waals surface area (Å²) in [5, 5.41) is 3.08. The molecule has 1 nitrogen and oxygen atoms in total. The summed E-state index contributed by atoms with van der Waals surface area (Å²) in [5.74, 6) is -0.940. The van der Waals surface area contributed by atoms with Gasteiger partial charge in [0.25, 0.3) is 0 Å². The monoisotopic (exact) mass is 227 g/mol. The van der Waals surface area contributed by atoms with Gasteiger partial charge in [-0.15, -0.1) is 0 Å². The average Bonchev–Trinajstić information content (AvgIpc) is 2.26. The van der Waals surface area contributed by atoms with Crippen LogP contribution in [0.15, 0.2) is 12.1 Å². The van der Waals surface area contributed by atoms with Crippen LogP contribution < -0.4 is 5.32 Å². The molecule has 1 aromatic carbocycles. The zero-order valence-electron chi connectivity index (χ0n) is 10.1. The second-order valence-corrected chi connectivity index (χ2v) is 4.11. The number of unbranched alkanes of at least 4 members (excludes halogenated alkanes) is 1. The Kier molecular flexibility index (Phi) is 4.87. The van der Waals surface area contributed by atoms with Crippen LogP contribution in [0.5, 0.6) is 0 Å². The van der Waals surface area contributed by atoms with E-state index in [2.05, 4.69) is 12.2 Å². The van der Waals surface area contributed by atoms with E-state index in [4.69, 9.17) is 0 Å². The fraction of sp³-hybridized carbons (Fsp3) is 0.538. The van der Waals surface area contributed by atoms with Crippen molar-refractivity contribution in [1.82, 2.24) is 5.32 Å². The number of hydrogen-bond acceptors (Lipinski definition) is 1. The molecule has 16 heavy (non-hydrogen) atoms. The van der Waals surface area contributed by atoms with Crippen LogP contribution >= 0.6 is 0 Å². The summed E-state index contributed by atoms with van der Waals surface area (Å²) in [4.78, 5) is 0. The first-order valence-electron chi connectivity index (χ1n) is 5.73. The third kappa shape index (κ3) is 3.01. The summed E-state index contributed by atoms with van der Waals surface area (Å²) < 4.78 is 26.7. The Bertz CT molecular complexity index is 350. The molecule has 0 saturated heterocycles. The molecule has 0 fully saturated rings. The van der Waals surface area contributed by atoms with Crippen LogP contribution in [0.4, 0.5) is 8.78 Å². The Morgan fingerprint density at radius 1 is 1.25 bits per heavy atom. The number of hydrogen-bond donors (Lipinski definition) is 1. The lowest BCUT2D eigenvalue weighted by Gasteiger charge is -2.17. The first kappa shape index (κ1) is 13.1. The van der Waals surface area contributed by atoms with Crippen molar-refractivity contribution in [3.63, 3.8) is 0 Å². The molecule has 90 valence electrons. The van der Waals surface area contributed by atoms with E-state index in [0.717, 1.165) is 25.3 Å². The number of rotatable bonds is 5. The molecule has 0 spiro atoms. The van der Waals surface area contributed by atoms with Gasteiger partial charge in [-0.1, -0.05) is 19.8 Å². The van der Waals surface area contributed by atoms with Gasteiger partial charge in [-0.2, -0.15) is 0 Å². The van der Waals surface area contributed by atoms with E-state index >= 15 is 0 Å². The largest absolute Gasteiger partial charge is 0.313 e. The molecule has 0 aromatic heterocycles. The molecular weight excluding hydrogens is 208 g/mol. The predicted octanol–water partition coefficient (Wildman–Crippen LogP) is 3.72. The van der Waals surface area contributed by atoms with Crippen LogP contribution in [0.25, 0.3) is 0 Å². The zero-order chi connectivity index (χ0) is 12.1. The maximum atomic E-state index is 13.6. The lowest BCUT2D eigenvalue weighted by molar-refractivity contribution is 0.485. The van der Waals surface area contributed by atoms with Gasteiger partial charge in [-0.3, -0.25) is 0 Å². The minimum atomic E-state index is -0.480. The molecule has 3 heteroatoms. The molecule has 1 unspecified atom stereocenters. The van der Waals surface area contributed by atoms with Crippen molar-refractivity contribution in [1.29, 1.82) is 0 Å². The second kappa shape index (κ2) is 5.94. The number of halogens is 2. The Hall–Kier alpha value is -0.960. The molecule has 0 saturated carbocycles. The van der Waals surface area contributed by atoms with E-state index < -0.39 is 11.6 Å². The molecule has 0 radical (unpaired) electrons. The van der Waals surface area contributed by atoms with E-state index in [9.17, 15) is 8.78 Å². The fourth-order valence-electron chi connectivity index (χ4n) is 1.81. The Morgan fingerprint density at radius 3 is 2.50 bits per heavy atom. The highest BCUT2D eigenvalue weighted by Gasteiger charge is 2.15. The highest BCUT2D eigenvalue weighted by Crippen LogP contribution is 2.24. The van der Waals surface area contributed by atoms with Crippen LogP contribution in [-0.4, -0.2) is 7.05 Å². The predicted molar refractivity (Wildman–Crippen MR) is 62.4 cm³/mol. The van der Waals surface area contributed by atoms with Crippen molar-refractivity contribution < 1.29 is 8.78 Å². The normalized spacial score (nSPS) is 12.8. The Morgan fingerprint density at radius 2 is 1.94 bits per heavy atom. The average molecular weight is 227 g/mol. The first-order chi connectivity index (χ1) is 7.60. The third-order valence-corrected chi connectivity index (χ3v) is 2.85. The van der Waals surface area contributed by atoms with E-state index in [1.807, 2.05) is 0 Å². The molecule has 0 aliphatic carbocycles. The van der Waals surface area contributed by atoms with Crippen molar-refractivity contribution in [2.75, 3.05) is 7.05 Å². The van der Waals surface area contributed by atoms with E-state index in [1.54, 1.807) is 20.0 Å². The molecule has 1 rings (SSSR count). The van der Waals surface area contributed by atoms with Gasteiger partial charge in [0, 0.05) is 17.7 Å². The molecule has 0 amide bonds. The zero-order valence-corrected chi connectivity index (χ0v) is 10.1. The highest BCUT2D eigenvalue weighted by molar-refractivity contribution is 5.28. The Balaban J connectivity index is 2.95. The van der Waals surface area contributed by atoms with Gasteiger partial charge >= 0.3 is 0 Å². The van der Waals surface area contributed by atoms with Crippen LogP contribution in [0.2, 0.25) is 0 Å². The van der Waals surface area contributed by atoms with Gasteiger partial charge in [-0.05, 0) is 32.0 Å². The summed E-state index contributed by atoms with van der Waals surface area (Å²) in [6.07, 6.45) is 2.97. The van der Waals surface area contributed by atoms with E-state index in [-0.39, 0.29) is 6.04 Å². The number of benzene rings is 1. The van der Waals surface area contributed by atoms with Crippen molar-refractivity contribution in [2.24, 2.45) is 0 Å². The summed E-state index contributed by atoms with van der Waals surface area (Å²) in [5.41, 5.74) is 1.06. The topological polar surface area (TPSA) is 12.0 Å². The summed E-state index contributed by atoms with van der Waals surface area (Å²) >= 11 is 0. The first-order valence-corrected chi connectivity index (χ1v) is 5.73. The van der Waals surface area contributed by atoms with Crippen LogP contribution in [0.3, 0.4) is 0 Å². The SMILES string of the molecule is CCCCC(NC)c1cc(C)c(F)cc1F. The van der Waals surface area contributed by atoms with Crippen molar-refractivity contribution in [3.05, 3.63) is 34.9 Å². The number of aryl methyl sites for hydroxylation is 1.